The zero-order chi connectivity index (χ0) is 18.7. The minimum Gasteiger partial charge on any atom is -0.459 e. The van der Waals surface area contributed by atoms with Gasteiger partial charge in [-0.15, -0.1) is 0 Å². The molecule has 3 rings (SSSR count). The van der Waals surface area contributed by atoms with Crippen molar-refractivity contribution in [1.82, 2.24) is 9.80 Å². The number of hydrogen-bond donors (Lipinski definition) is 0. The average molecular weight is 356 g/mol. The van der Waals surface area contributed by atoms with Gasteiger partial charge in [-0.1, -0.05) is 30.3 Å². The van der Waals surface area contributed by atoms with Gasteiger partial charge in [0.25, 0.3) is 5.91 Å². The van der Waals surface area contributed by atoms with Gasteiger partial charge < -0.3 is 19.0 Å². The van der Waals surface area contributed by atoms with E-state index in [1.807, 2.05) is 51.1 Å². The lowest BCUT2D eigenvalue weighted by Gasteiger charge is -2.35. The first-order chi connectivity index (χ1) is 12.3. The van der Waals surface area contributed by atoms with Gasteiger partial charge in [0.05, 0.1) is 6.26 Å². The third-order valence-electron chi connectivity index (χ3n) is 4.16. The van der Waals surface area contributed by atoms with E-state index in [1.165, 1.54) is 6.26 Å². The Balaban J connectivity index is 1.65. The zero-order valence-electron chi connectivity index (χ0n) is 15.4. The molecule has 1 fully saturated rings. The Bertz CT molecular complexity index is 769. The van der Waals surface area contributed by atoms with Gasteiger partial charge in [0.1, 0.15) is 5.60 Å². The molecule has 6 nitrogen and oxygen atoms in total. The van der Waals surface area contributed by atoms with E-state index in [0.717, 1.165) is 11.1 Å². The highest BCUT2D eigenvalue weighted by molar-refractivity contribution is 5.98. The number of hydrogen-bond acceptors (Lipinski definition) is 4. The monoisotopic (exact) mass is 356 g/mol. The van der Waals surface area contributed by atoms with E-state index in [4.69, 9.17) is 9.15 Å². The highest BCUT2D eigenvalue weighted by Crippen LogP contribution is 2.26. The summed E-state index contributed by atoms with van der Waals surface area (Å²) in [5.41, 5.74) is 1.20. The highest BCUT2D eigenvalue weighted by atomic mass is 16.6. The van der Waals surface area contributed by atoms with Crippen molar-refractivity contribution in [3.05, 3.63) is 48.4 Å². The molecule has 0 atom stereocenters. The van der Waals surface area contributed by atoms with Crippen molar-refractivity contribution in [2.45, 2.75) is 26.4 Å². The summed E-state index contributed by atoms with van der Waals surface area (Å²) in [7, 11) is 0. The molecule has 6 heteroatoms. The summed E-state index contributed by atoms with van der Waals surface area (Å²) in [6.45, 7) is 7.32. The van der Waals surface area contributed by atoms with Crippen LogP contribution in [-0.4, -0.2) is 53.6 Å². The van der Waals surface area contributed by atoms with Crippen LogP contribution < -0.4 is 0 Å². The van der Waals surface area contributed by atoms with Crippen LogP contribution in [0.3, 0.4) is 0 Å². The van der Waals surface area contributed by atoms with Crippen molar-refractivity contribution in [1.29, 1.82) is 0 Å². The highest BCUT2D eigenvalue weighted by Gasteiger charge is 2.30. The molecule has 1 aliphatic heterocycles. The summed E-state index contributed by atoms with van der Waals surface area (Å²) in [6, 6.07) is 11.5. The van der Waals surface area contributed by atoms with Gasteiger partial charge in [-0.3, -0.25) is 4.79 Å². The molecular weight excluding hydrogens is 332 g/mol. The number of benzene rings is 1. The standard InChI is InChI=1S/C20H24N2O4/c1-20(2,3)26-19(24)22-12-10-21(11-13-22)18(23)17-16(9-14-25-17)15-7-5-4-6-8-15/h4-9,14H,10-13H2,1-3H3. The van der Waals surface area contributed by atoms with Crippen molar-refractivity contribution in [3.63, 3.8) is 0 Å². The second-order valence-corrected chi connectivity index (χ2v) is 7.29. The molecule has 1 aromatic carbocycles. The molecule has 0 aliphatic carbocycles. The maximum Gasteiger partial charge on any atom is 0.410 e. The maximum absolute atomic E-state index is 12.9. The molecule has 0 saturated carbocycles. The van der Waals surface area contributed by atoms with E-state index >= 15 is 0 Å². The Hall–Kier alpha value is -2.76. The lowest BCUT2D eigenvalue weighted by Crippen LogP contribution is -2.51. The zero-order valence-corrected chi connectivity index (χ0v) is 15.4. The Labute approximate surface area is 153 Å². The van der Waals surface area contributed by atoms with Crippen LogP contribution in [-0.2, 0) is 4.74 Å². The second kappa shape index (κ2) is 7.23. The van der Waals surface area contributed by atoms with Gasteiger partial charge in [0.2, 0.25) is 0 Å². The molecule has 0 N–H and O–H groups in total. The van der Waals surface area contributed by atoms with Gasteiger partial charge in [0, 0.05) is 31.7 Å². The van der Waals surface area contributed by atoms with Crippen LogP contribution in [0.4, 0.5) is 4.79 Å². The van der Waals surface area contributed by atoms with Crippen LogP contribution >= 0.6 is 0 Å². The fraction of sp³-hybridized carbons (Fsp3) is 0.400. The Kier molecular flexibility index (Phi) is 5.02. The van der Waals surface area contributed by atoms with E-state index in [0.29, 0.717) is 31.9 Å². The summed E-state index contributed by atoms with van der Waals surface area (Å²) >= 11 is 0. The molecule has 1 saturated heterocycles. The molecule has 138 valence electrons. The number of nitrogens with zero attached hydrogens (tertiary/aromatic N) is 2. The molecule has 26 heavy (non-hydrogen) atoms. The number of amides is 2. The van der Waals surface area contributed by atoms with E-state index < -0.39 is 5.60 Å². The van der Waals surface area contributed by atoms with Crippen LogP contribution in [0.1, 0.15) is 31.3 Å². The Morgan fingerprint density at radius 2 is 1.58 bits per heavy atom. The molecule has 0 spiro atoms. The van der Waals surface area contributed by atoms with Crippen LogP contribution in [0, 0.1) is 0 Å². The van der Waals surface area contributed by atoms with Gasteiger partial charge in [0.15, 0.2) is 5.76 Å². The molecule has 2 heterocycles. The minimum atomic E-state index is -0.525. The van der Waals surface area contributed by atoms with E-state index in [9.17, 15) is 9.59 Å². The molecule has 0 unspecified atom stereocenters. The predicted molar refractivity (Wildman–Crippen MR) is 97.9 cm³/mol. The summed E-state index contributed by atoms with van der Waals surface area (Å²) in [5, 5.41) is 0. The van der Waals surface area contributed by atoms with Crippen LogP contribution in [0.25, 0.3) is 11.1 Å². The van der Waals surface area contributed by atoms with Crippen LogP contribution in [0.2, 0.25) is 0 Å². The molecule has 0 bridgehead atoms. The normalized spacial score (nSPS) is 15.0. The molecule has 1 aliphatic rings. The first kappa shape index (κ1) is 18.0. The quantitative estimate of drug-likeness (QED) is 0.824. The largest absolute Gasteiger partial charge is 0.459 e. The summed E-state index contributed by atoms with van der Waals surface area (Å²) < 4.78 is 10.9. The van der Waals surface area contributed by atoms with Gasteiger partial charge in [-0.2, -0.15) is 0 Å². The van der Waals surface area contributed by atoms with Crippen molar-refractivity contribution in [2.24, 2.45) is 0 Å². The average Bonchev–Trinajstić information content (AvgIpc) is 3.10. The first-order valence-electron chi connectivity index (χ1n) is 8.75. The lowest BCUT2D eigenvalue weighted by molar-refractivity contribution is 0.0137. The van der Waals surface area contributed by atoms with Crippen molar-refractivity contribution in [3.8, 4) is 11.1 Å². The van der Waals surface area contributed by atoms with Crippen molar-refractivity contribution >= 4 is 12.0 Å². The number of ether oxygens (including phenoxy) is 1. The van der Waals surface area contributed by atoms with E-state index in [1.54, 1.807) is 15.9 Å². The fourth-order valence-corrected chi connectivity index (χ4v) is 2.88. The predicted octanol–water partition coefficient (Wildman–Crippen LogP) is 3.64. The fourth-order valence-electron chi connectivity index (χ4n) is 2.88. The second-order valence-electron chi connectivity index (χ2n) is 7.29. The van der Waals surface area contributed by atoms with E-state index in [-0.39, 0.29) is 12.0 Å². The molecular formula is C20H24N2O4. The van der Waals surface area contributed by atoms with Gasteiger partial charge in [-0.25, -0.2) is 4.79 Å². The number of piperazine rings is 1. The molecule has 2 amide bonds. The Morgan fingerprint density at radius 1 is 0.962 bits per heavy atom. The molecule has 2 aromatic rings. The lowest BCUT2D eigenvalue weighted by atomic mass is 10.1. The van der Waals surface area contributed by atoms with Crippen LogP contribution in [0.5, 0.6) is 0 Å². The van der Waals surface area contributed by atoms with Gasteiger partial charge >= 0.3 is 6.09 Å². The van der Waals surface area contributed by atoms with E-state index in [2.05, 4.69) is 0 Å². The summed E-state index contributed by atoms with van der Waals surface area (Å²) in [5.74, 6) is 0.180. The summed E-state index contributed by atoms with van der Waals surface area (Å²) in [6.07, 6.45) is 1.19. The first-order valence-corrected chi connectivity index (χ1v) is 8.75. The molecule has 1 aromatic heterocycles. The third-order valence-corrected chi connectivity index (χ3v) is 4.16. The van der Waals surface area contributed by atoms with Crippen LogP contribution in [0.15, 0.2) is 47.1 Å². The SMILES string of the molecule is CC(C)(C)OC(=O)N1CCN(C(=O)c2occc2-c2ccccc2)CC1. The third kappa shape index (κ3) is 4.07. The smallest absolute Gasteiger partial charge is 0.410 e. The number of carbonyl (C=O) groups is 2. The summed E-state index contributed by atoms with van der Waals surface area (Å²) in [4.78, 5) is 28.3. The van der Waals surface area contributed by atoms with Crippen molar-refractivity contribution < 1.29 is 18.7 Å². The minimum absolute atomic E-state index is 0.155. The molecule has 0 radical (unpaired) electrons. The van der Waals surface area contributed by atoms with Gasteiger partial charge in [-0.05, 0) is 32.4 Å². The van der Waals surface area contributed by atoms with Crippen molar-refractivity contribution in [2.75, 3.05) is 26.2 Å². The maximum atomic E-state index is 12.9. The Morgan fingerprint density at radius 3 is 2.19 bits per heavy atom. The topological polar surface area (TPSA) is 63.0 Å². The number of carbonyl (C=O) groups excluding carboxylic acids is 2. The number of furan rings is 1. The number of rotatable bonds is 2.